The number of carbonyl (C=O) groups excluding carboxylic acids is 1. The van der Waals surface area contributed by atoms with Crippen LogP contribution in [0.1, 0.15) is 4.88 Å². The van der Waals surface area contributed by atoms with Crippen LogP contribution in [0.15, 0.2) is 11.7 Å². The first-order chi connectivity index (χ1) is 5.36. The average Bonchev–Trinajstić information content (AvgIpc) is 2.52. The Morgan fingerprint density at radius 1 is 1.91 bits per heavy atom. The number of likely N-dealkylation sites (N-methyl/N-ethyl adjacent to an activating group) is 1. The summed E-state index contributed by atoms with van der Waals surface area (Å²) in [4.78, 5) is 15.4. The van der Waals surface area contributed by atoms with E-state index in [1.165, 1.54) is 0 Å². The van der Waals surface area contributed by atoms with Crippen molar-refractivity contribution in [3.05, 3.63) is 16.6 Å². The Bertz CT molecular complexity index is 210. The third kappa shape index (κ3) is 2.40. The van der Waals surface area contributed by atoms with Gasteiger partial charge in [-0.15, -0.1) is 11.3 Å². The minimum Gasteiger partial charge on any atom is -0.310 e. The zero-order valence-corrected chi connectivity index (χ0v) is 7.10. The van der Waals surface area contributed by atoms with Crippen LogP contribution in [0.4, 0.5) is 0 Å². The maximum atomic E-state index is 10.4. The fourth-order valence-corrected chi connectivity index (χ4v) is 1.43. The van der Waals surface area contributed by atoms with Gasteiger partial charge < -0.3 is 10.1 Å². The Morgan fingerprint density at radius 3 is 3.18 bits per heavy atom. The third-order valence-electron chi connectivity index (χ3n) is 1.44. The Labute approximate surface area is 69.5 Å². The third-order valence-corrected chi connectivity index (χ3v) is 2.24. The molecule has 0 bridgehead atoms. The normalized spacial score (nSPS) is 12.8. The van der Waals surface area contributed by atoms with Crippen molar-refractivity contribution in [3.8, 4) is 0 Å². The fraction of sp³-hybridized carbons (Fsp3) is 0.429. The summed E-state index contributed by atoms with van der Waals surface area (Å²) in [5.74, 6) is 0. The molecule has 0 aromatic carbocycles. The van der Waals surface area contributed by atoms with Crippen molar-refractivity contribution in [1.29, 1.82) is 0 Å². The van der Waals surface area contributed by atoms with Crippen LogP contribution in [0.5, 0.6) is 0 Å². The molecule has 1 heterocycles. The molecule has 0 fully saturated rings. The first-order valence-electron chi connectivity index (χ1n) is 3.36. The molecule has 60 valence electrons. The van der Waals surface area contributed by atoms with E-state index in [4.69, 9.17) is 0 Å². The molecule has 1 aromatic heterocycles. The maximum Gasteiger partial charge on any atom is 0.137 e. The SMILES string of the molecule is CNC(C=O)Cc1cncs1. The number of thiazole rings is 1. The van der Waals surface area contributed by atoms with Crippen molar-refractivity contribution in [2.24, 2.45) is 0 Å². The van der Waals surface area contributed by atoms with Crippen LogP contribution in [0, 0.1) is 0 Å². The molecular weight excluding hydrogens is 160 g/mol. The van der Waals surface area contributed by atoms with Crippen molar-refractivity contribution >= 4 is 17.6 Å². The van der Waals surface area contributed by atoms with E-state index in [0.717, 1.165) is 17.6 Å². The quantitative estimate of drug-likeness (QED) is 0.668. The summed E-state index contributed by atoms with van der Waals surface area (Å²) in [5, 5.41) is 2.90. The number of aldehydes is 1. The molecule has 0 radical (unpaired) electrons. The van der Waals surface area contributed by atoms with Gasteiger partial charge in [-0.25, -0.2) is 0 Å². The van der Waals surface area contributed by atoms with Gasteiger partial charge in [0.2, 0.25) is 0 Å². The van der Waals surface area contributed by atoms with Gasteiger partial charge in [-0.3, -0.25) is 4.98 Å². The lowest BCUT2D eigenvalue weighted by atomic mass is 10.2. The van der Waals surface area contributed by atoms with E-state index in [1.807, 2.05) is 0 Å². The van der Waals surface area contributed by atoms with Gasteiger partial charge in [-0.1, -0.05) is 0 Å². The summed E-state index contributed by atoms with van der Waals surface area (Å²) in [5.41, 5.74) is 1.77. The Hall–Kier alpha value is -0.740. The average molecular weight is 170 g/mol. The predicted octanol–water partition coefficient (Wildman–Crippen LogP) is 0.472. The second kappa shape index (κ2) is 4.20. The molecule has 0 aliphatic heterocycles. The number of nitrogens with one attached hydrogen (secondary N) is 1. The van der Waals surface area contributed by atoms with Gasteiger partial charge in [-0.2, -0.15) is 0 Å². The van der Waals surface area contributed by atoms with E-state index < -0.39 is 0 Å². The minimum absolute atomic E-state index is 0.0737. The van der Waals surface area contributed by atoms with E-state index in [1.54, 1.807) is 30.1 Å². The highest BCUT2D eigenvalue weighted by Gasteiger charge is 2.05. The first-order valence-corrected chi connectivity index (χ1v) is 4.24. The molecule has 1 N–H and O–H groups in total. The zero-order chi connectivity index (χ0) is 8.10. The van der Waals surface area contributed by atoms with Crippen LogP contribution in [0.2, 0.25) is 0 Å². The molecule has 0 saturated carbocycles. The van der Waals surface area contributed by atoms with Crippen LogP contribution in [0.25, 0.3) is 0 Å². The standard InChI is InChI=1S/C7H10N2OS/c1-8-6(4-10)2-7-3-9-5-11-7/h3-6,8H,2H2,1H3. The topological polar surface area (TPSA) is 42.0 Å². The highest BCUT2D eigenvalue weighted by molar-refractivity contribution is 7.09. The van der Waals surface area contributed by atoms with Gasteiger partial charge in [0.25, 0.3) is 0 Å². The Morgan fingerprint density at radius 2 is 2.73 bits per heavy atom. The second-order valence-corrected chi connectivity index (χ2v) is 3.17. The molecular formula is C7H10N2OS. The van der Waals surface area contributed by atoms with Crippen LogP contribution < -0.4 is 5.32 Å². The Kier molecular flexibility index (Phi) is 3.19. The number of hydrogen-bond acceptors (Lipinski definition) is 4. The van der Waals surface area contributed by atoms with Crippen LogP contribution in [0.3, 0.4) is 0 Å². The number of hydrogen-bond donors (Lipinski definition) is 1. The van der Waals surface area contributed by atoms with Crippen molar-refractivity contribution in [2.75, 3.05) is 7.05 Å². The van der Waals surface area contributed by atoms with E-state index in [9.17, 15) is 4.79 Å². The van der Waals surface area contributed by atoms with Gasteiger partial charge in [-0.05, 0) is 7.05 Å². The molecule has 0 amide bonds. The van der Waals surface area contributed by atoms with Gasteiger partial charge in [0, 0.05) is 17.5 Å². The Balaban J connectivity index is 2.47. The van der Waals surface area contributed by atoms with Crippen LogP contribution in [-0.4, -0.2) is 24.4 Å². The van der Waals surface area contributed by atoms with Crippen LogP contribution in [-0.2, 0) is 11.2 Å². The lowest BCUT2D eigenvalue weighted by Gasteiger charge is -2.04. The zero-order valence-electron chi connectivity index (χ0n) is 6.28. The fourth-order valence-electron chi connectivity index (χ4n) is 0.778. The molecule has 1 unspecified atom stereocenters. The maximum absolute atomic E-state index is 10.4. The molecule has 11 heavy (non-hydrogen) atoms. The summed E-state index contributed by atoms with van der Waals surface area (Å²) in [6.45, 7) is 0. The lowest BCUT2D eigenvalue weighted by Crippen LogP contribution is -2.28. The van der Waals surface area contributed by atoms with E-state index in [2.05, 4.69) is 10.3 Å². The molecule has 4 heteroatoms. The molecule has 3 nitrogen and oxygen atoms in total. The van der Waals surface area contributed by atoms with Gasteiger partial charge in [0.1, 0.15) is 6.29 Å². The van der Waals surface area contributed by atoms with Crippen molar-refractivity contribution < 1.29 is 4.79 Å². The number of rotatable bonds is 4. The van der Waals surface area contributed by atoms with Gasteiger partial charge in [0.05, 0.1) is 11.6 Å². The summed E-state index contributed by atoms with van der Waals surface area (Å²) in [6, 6.07) is -0.0737. The number of nitrogens with zero attached hydrogens (tertiary/aromatic N) is 1. The van der Waals surface area contributed by atoms with Crippen LogP contribution >= 0.6 is 11.3 Å². The van der Waals surface area contributed by atoms with Crippen molar-refractivity contribution in [3.63, 3.8) is 0 Å². The summed E-state index contributed by atoms with van der Waals surface area (Å²) < 4.78 is 0. The van der Waals surface area contributed by atoms with E-state index in [-0.39, 0.29) is 6.04 Å². The predicted molar refractivity (Wildman–Crippen MR) is 44.7 cm³/mol. The van der Waals surface area contributed by atoms with Crippen molar-refractivity contribution in [2.45, 2.75) is 12.5 Å². The number of carbonyl (C=O) groups is 1. The lowest BCUT2D eigenvalue weighted by molar-refractivity contribution is -0.109. The smallest absolute Gasteiger partial charge is 0.137 e. The first kappa shape index (κ1) is 8.36. The summed E-state index contributed by atoms with van der Waals surface area (Å²) in [6.07, 6.45) is 3.45. The summed E-state index contributed by atoms with van der Waals surface area (Å²) >= 11 is 1.57. The monoisotopic (exact) mass is 170 g/mol. The molecule has 0 saturated heterocycles. The molecule has 1 rings (SSSR count). The highest BCUT2D eigenvalue weighted by Crippen LogP contribution is 2.07. The second-order valence-electron chi connectivity index (χ2n) is 2.20. The van der Waals surface area contributed by atoms with Gasteiger partial charge in [0.15, 0.2) is 0 Å². The van der Waals surface area contributed by atoms with E-state index in [0.29, 0.717) is 0 Å². The van der Waals surface area contributed by atoms with Gasteiger partial charge >= 0.3 is 0 Å². The molecule has 1 aromatic rings. The molecule has 0 aliphatic carbocycles. The minimum atomic E-state index is -0.0737. The van der Waals surface area contributed by atoms with E-state index >= 15 is 0 Å². The highest BCUT2D eigenvalue weighted by atomic mass is 32.1. The summed E-state index contributed by atoms with van der Waals surface area (Å²) in [7, 11) is 1.78. The molecule has 0 aliphatic rings. The molecule has 0 spiro atoms. The largest absolute Gasteiger partial charge is 0.310 e. The number of aromatic nitrogens is 1. The van der Waals surface area contributed by atoms with Crippen molar-refractivity contribution in [1.82, 2.24) is 10.3 Å². The molecule has 1 atom stereocenters.